The number of carbonyl (C=O) groups excluding carboxylic acids is 5. The van der Waals surface area contributed by atoms with Gasteiger partial charge in [0.05, 0.1) is 36.8 Å². The van der Waals surface area contributed by atoms with Crippen molar-refractivity contribution >= 4 is 46.1 Å². The van der Waals surface area contributed by atoms with Crippen LogP contribution in [-0.2, 0) is 52.8 Å². The largest absolute Gasteiger partial charge is 0.464 e. The Bertz CT molecular complexity index is 2730. The van der Waals surface area contributed by atoms with Crippen LogP contribution in [-0.4, -0.2) is 140 Å². The number of aromatic nitrogens is 1. The van der Waals surface area contributed by atoms with Crippen molar-refractivity contribution in [3.8, 4) is 23.0 Å². The normalized spacial score (nSPS) is 25.6. The average Bonchev–Trinajstić information content (AvgIpc) is 3.77. The molecule has 2 saturated heterocycles. The fourth-order valence-electron chi connectivity index (χ4n) is 12.2. The molecule has 72 heavy (non-hydrogen) atoms. The first kappa shape index (κ1) is 52.4. The van der Waals surface area contributed by atoms with E-state index >= 15 is 4.79 Å². The van der Waals surface area contributed by atoms with Gasteiger partial charge in [0.1, 0.15) is 12.1 Å². The van der Waals surface area contributed by atoms with Crippen LogP contribution in [0.1, 0.15) is 84.0 Å². The number of aryl methyl sites for hydroxylation is 1. The number of nitrogens with one attached hydrogen (secondary N) is 2. The SMILES string of the molecule is C/C=C\C(=C(/N)COC)c1c2c3cc(ccc3n1CC)-c1cccc(c1)CC1(C(=O)N3CCC[C@H](N3)C(=O)OCC(C)(C)C2)C2CC2C1NC(=O)[C@H](C(C)C)N(C)C(=O)[C@H]1CCN(C(=O)C#CCN(C)C)C1. The number of benzene rings is 2. The lowest BCUT2D eigenvalue weighted by molar-refractivity contribution is -0.164. The first-order valence-corrected chi connectivity index (χ1v) is 25.9. The van der Waals surface area contributed by atoms with Crippen LogP contribution in [0.5, 0.6) is 0 Å². The summed E-state index contributed by atoms with van der Waals surface area (Å²) in [5.41, 5.74) is 16.2. The summed E-state index contributed by atoms with van der Waals surface area (Å²) >= 11 is 0. The van der Waals surface area contributed by atoms with Gasteiger partial charge >= 0.3 is 5.97 Å². The van der Waals surface area contributed by atoms with Gasteiger partial charge in [-0.2, -0.15) is 0 Å². The van der Waals surface area contributed by atoms with Gasteiger partial charge in [-0.3, -0.25) is 33.9 Å². The second-order valence-corrected chi connectivity index (χ2v) is 22.2. The lowest BCUT2D eigenvalue weighted by atomic mass is 9.60. The number of nitrogens with two attached hydrogens (primary N) is 1. The molecule has 2 saturated carbocycles. The molecule has 4 unspecified atom stereocenters. The van der Waals surface area contributed by atoms with Crippen LogP contribution in [0.15, 0.2) is 60.3 Å². The lowest BCUT2D eigenvalue weighted by Gasteiger charge is -2.51. The van der Waals surface area contributed by atoms with Crippen LogP contribution in [0, 0.1) is 46.3 Å². The summed E-state index contributed by atoms with van der Waals surface area (Å²) in [4.78, 5) is 76.6. The Morgan fingerprint density at radius 3 is 2.53 bits per heavy atom. The Balaban J connectivity index is 1.15. The number of hydrogen-bond donors (Lipinski definition) is 3. The highest BCUT2D eigenvalue weighted by Crippen LogP contribution is 2.69. The maximum atomic E-state index is 15.5. The van der Waals surface area contributed by atoms with Crippen molar-refractivity contribution in [1.29, 1.82) is 0 Å². The molecule has 7 atom stereocenters. The summed E-state index contributed by atoms with van der Waals surface area (Å²) in [7, 11) is 7.08. The number of likely N-dealkylation sites (N-methyl/N-ethyl adjacent to an activating group) is 1. The van der Waals surface area contributed by atoms with E-state index in [-0.39, 0.29) is 61.1 Å². The molecule has 3 aromatic rings. The van der Waals surface area contributed by atoms with Crippen LogP contribution < -0.4 is 16.5 Å². The topological polar surface area (TPSA) is 172 Å². The van der Waals surface area contributed by atoms with Crippen molar-refractivity contribution < 1.29 is 33.4 Å². The van der Waals surface area contributed by atoms with Crippen LogP contribution in [0.2, 0.25) is 0 Å². The van der Waals surface area contributed by atoms with E-state index in [1.807, 2.05) is 58.0 Å². The molecule has 15 heteroatoms. The van der Waals surface area contributed by atoms with E-state index in [2.05, 4.69) is 84.3 Å². The summed E-state index contributed by atoms with van der Waals surface area (Å²) in [6, 6.07) is 12.9. The van der Waals surface area contributed by atoms with E-state index in [4.69, 9.17) is 15.2 Å². The molecular weight excluding hydrogens is 909 g/mol. The quantitative estimate of drug-likeness (QED) is 0.128. The molecule has 3 aliphatic heterocycles. The average molecular weight is 985 g/mol. The van der Waals surface area contributed by atoms with E-state index in [1.165, 1.54) is 4.90 Å². The standard InChI is InChI=1S/C57H76N8O7/c1-11-16-40(45(58)33-71-10)50-43-31-56(5,6)34-72-54(69)46-19-14-25-65(60-46)55(70)57(30-36-17-13-18-37(27-36)38-21-22-47(41(43)28-38)64(50)12-2)44-29-42(44)51(57)59-52(67)49(35(3)4)62(9)53(68)39-23-26-63(32-39)48(66)20-15-24-61(7)8/h11,13,16-18,21-22,27-28,35,39,42,44,46,49,51,60H,12,14,19,23-26,29-34,58H2,1-10H3,(H,59,67)/b16-11-,45-40+/t39-,42?,44?,46-,49-,51?,57?/m0/s1. The molecule has 15 nitrogen and oxygen atoms in total. The molecule has 1 spiro atoms. The van der Waals surface area contributed by atoms with E-state index in [0.717, 1.165) is 50.8 Å². The molecule has 386 valence electrons. The second kappa shape index (κ2) is 21.3. The molecule has 4 amide bonds. The number of cyclic esters (lactones) is 1. The fraction of sp³-hybridized carbons (Fsp3) is 0.561. The van der Waals surface area contributed by atoms with E-state index in [9.17, 15) is 19.2 Å². The number of carbonyl (C=O) groups is 5. The number of likely N-dealkylation sites (tertiary alicyclic amines) is 1. The maximum Gasteiger partial charge on any atom is 0.324 e. The highest BCUT2D eigenvalue weighted by atomic mass is 16.5. The van der Waals surface area contributed by atoms with Gasteiger partial charge in [-0.25, -0.2) is 5.43 Å². The van der Waals surface area contributed by atoms with E-state index < -0.39 is 40.8 Å². The molecule has 5 aliphatic rings. The third-order valence-electron chi connectivity index (χ3n) is 15.7. The Labute approximate surface area is 425 Å². The van der Waals surface area contributed by atoms with Gasteiger partial charge in [0.25, 0.3) is 5.91 Å². The molecular formula is C57H76N8O7. The molecule has 4 heterocycles. The molecule has 2 aliphatic carbocycles. The molecule has 1 aromatic heterocycles. The molecule has 8 rings (SSSR count). The third kappa shape index (κ3) is 10.2. The number of esters is 1. The number of ether oxygens (including phenoxy) is 2. The zero-order valence-corrected chi connectivity index (χ0v) is 44.1. The number of hydrazine groups is 1. The zero-order chi connectivity index (χ0) is 51.8. The van der Waals surface area contributed by atoms with Crippen molar-refractivity contribution in [2.24, 2.45) is 40.2 Å². The van der Waals surface area contributed by atoms with Crippen molar-refractivity contribution in [3.05, 3.63) is 77.1 Å². The van der Waals surface area contributed by atoms with Gasteiger partial charge in [-0.05, 0) is 125 Å². The minimum absolute atomic E-state index is 0.00952. The number of amides is 4. The summed E-state index contributed by atoms with van der Waals surface area (Å²) in [6.45, 7) is 14.8. The first-order chi connectivity index (χ1) is 34.3. The van der Waals surface area contributed by atoms with Gasteiger partial charge in [0.2, 0.25) is 17.7 Å². The third-order valence-corrected chi connectivity index (χ3v) is 15.7. The van der Waals surface area contributed by atoms with Gasteiger partial charge in [-0.1, -0.05) is 76.1 Å². The van der Waals surface area contributed by atoms with Crippen LogP contribution in [0.25, 0.3) is 27.6 Å². The highest BCUT2D eigenvalue weighted by molar-refractivity contribution is 5.97. The number of hydrogen-bond acceptors (Lipinski definition) is 10. The van der Waals surface area contributed by atoms with E-state index in [1.54, 1.807) is 24.1 Å². The predicted molar refractivity (Wildman–Crippen MR) is 279 cm³/mol. The van der Waals surface area contributed by atoms with Crippen LogP contribution >= 0.6 is 0 Å². The van der Waals surface area contributed by atoms with Crippen molar-refractivity contribution in [1.82, 2.24) is 35.0 Å². The summed E-state index contributed by atoms with van der Waals surface area (Å²) in [6.07, 6.45) is 7.34. The second-order valence-electron chi connectivity index (χ2n) is 22.2. The van der Waals surface area contributed by atoms with Gasteiger partial charge in [0.15, 0.2) is 0 Å². The highest BCUT2D eigenvalue weighted by Gasteiger charge is 2.75. The molecule has 6 bridgehead atoms. The van der Waals surface area contributed by atoms with Crippen molar-refractivity contribution in [3.63, 3.8) is 0 Å². The number of methoxy groups -OCH3 is 1. The maximum absolute atomic E-state index is 15.5. The van der Waals surface area contributed by atoms with Crippen molar-refractivity contribution in [2.75, 3.05) is 67.6 Å². The summed E-state index contributed by atoms with van der Waals surface area (Å²) < 4.78 is 14.1. The van der Waals surface area contributed by atoms with Gasteiger partial charge < -0.3 is 34.9 Å². The Kier molecular flexibility index (Phi) is 15.5. The smallest absolute Gasteiger partial charge is 0.324 e. The minimum Gasteiger partial charge on any atom is -0.464 e. The Hall–Kier alpha value is -5.95. The summed E-state index contributed by atoms with van der Waals surface area (Å²) in [5.74, 6) is 3.58. The van der Waals surface area contributed by atoms with Crippen LogP contribution in [0.3, 0.4) is 0 Å². The first-order valence-electron chi connectivity index (χ1n) is 25.9. The molecule has 4 fully saturated rings. The molecule has 2 aromatic carbocycles. The fourth-order valence-corrected chi connectivity index (χ4v) is 12.2. The predicted octanol–water partition coefficient (Wildman–Crippen LogP) is 5.40. The number of nitrogens with zero attached hydrogens (tertiary/aromatic N) is 5. The Morgan fingerprint density at radius 1 is 1.06 bits per heavy atom. The Morgan fingerprint density at radius 2 is 1.82 bits per heavy atom. The van der Waals surface area contributed by atoms with Gasteiger partial charge in [-0.15, -0.1) is 0 Å². The number of rotatable bonds is 11. The summed E-state index contributed by atoms with van der Waals surface area (Å²) in [5, 5.41) is 6.08. The molecule has 0 radical (unpaired) electrons. The monoisotopic (exact) mass is 985 g/mol. The number of fused-ring (bicyclic) bond motifs is 8. The lowest BCUT2D eigenvalue weighted by Crippen LogP contribution is -2.70. The van der Waals surface area contributed by atoms with Gasteiger partial charge in [0, 0.05) is 74.0 Å². The van der Waals surface area contributed by atoms with E-state index in [0.29, 0.717) is 64.0 Å². The molecule has 4 N–H and O–H groups in total. The number of allylic oxidation sites excluding steroid dienone is 3. The van der Waals surface area contributed by atoms with Crippen molar-refractivity contribution in [2.45, 2.75) is 105 Å². The minimum atomic E-state index is -1.03. The van der Waals surface area contributed by atoms with Crippen LogP contribution in [0.4, 0.5) is 0 Å². The zero-order valence-electron chi connectivity index (χ0n) is 44.1.